The van der Waals surface area contributed by atoms with E-state index in [2.05, 4.69) is 0 Å². The van der Waals surface area contributed by atoms with Crippen molar-refractivity contribution in [2.45, 2.75) is 6.54 Å². The van der Waals surface area contributed by atoms with E-state index < -0.39 is 0 Å². The number of carbonyl (C=O) groups is 1. The van der Waals surface area contributed by atoms with Crippen molar-refractivity contribution in [3.63, 3.8) is 0 Å². The summed E-state index contributed by atoms with van der Waals surface area (Å²) in [5.41, 5.74) is 3.50. The van der Waals surface area contributed by atoms with E-state index in [0.717, 1.165) is 16.9 Å². The summed E-state index contributed by atoms with van der Waals surface area (Å²) in [6.07, 6.45) is 0. The van der Waals surface area contributed by atoms with E-state index in [-0.39, 0.29) is 11.7 Å². The van der Waals surface area contributed by atoms with Gasteiger partial charge in [0.2, 0.25) is 0 Å². The molecule has 2 aromatic carbocycles. The first-order valence-corrected chi connectivity index (χ1v) is 6.47. The van der Waals surface area contributed by atoms with Crippen molar-refractivity contribution in [2.75, 3.05) is 23.9 Å². The molecular formula is C16H16N2O2. The average molecular weight is 268 g/mol. The zero-order valence-corrected chi connectivity index (χ0v) is 11.5. The Morgan fingerprint density at radius 2 is 1.80 bits per heavy atom. The summed E-state index contributed by atoms with van der Waals surface area (Å²) >= 11 is 0. The Morgan fingerprint density at radius 3 is 2.45 bits per heavy atom. The normalized spacial score (nSPS) is 13.5. The van der Waals surface area contributed by atoms with Crippen LogP contribution in [0, 0.1) is 0 Å². The number of phenolic OH excluding ortho intramolecular Hbond substituents is 1. The number of fused-ring (bicyclic) bond motifs is 1. The fourth-order valence-corrected chi connectivity index (χ4v) is 2.45. The van der Waals surface area contributed by atoms with Crippen LogP contribution in [0.15, 0.2) is 42.5 Å². The van der Waals surface area contributed by atoms with E-state index in [1.54, 1.807) is 23.1 Å². The standard InChI is InChI=1S/C16H16N2O2/c1-17(2)12-3-5-13(6-4-12)18-10-11-9-14(19)7-8-15(11)16(18)20/h3-9,19H,10H2,1-2H3. The van der Waals surface area contributed by atoms with Crippen LogP contribution in [0.2, 0.25) is 0 Å². The summed E-state index contributed by atoms with van der Waals surface area (Å²) in [6.45, 7) is 0.504. The van der Waals surface area contributed by atoms with Gasteiger partial charge in [-0.05, 0) is 48.0 Å². The summed E-state index contributed by atoms with van der Waals surface area (Å²) in [5.74, 6) is 0.180. The van der Waals surface area contributed by atoms with Gasteiger partial charge >= 0.3 is 0 Å². The lowest BCUT2D eigenvalue weighted by atomic mass is 10.1. The molecule has 0 saturated heterocycles. The summed E-state index contributed by atoms with van der Waals surface area (Å²) in [4.78, 5) is 16.1. The van der Waals surface area contributed by atoms with Gasteiger partial charge in [0.25, 0.3) is 5.91 Å². The molecule has 0 fully saturated rings. The summed E-state index contributed by atoms with van der Waals surface area (Å²) in [6, 6.07) is 12.8. The van der Waals surface area contributed by atoms with E-state index in [1.807, 2.05) is 43.3 Å². The van der Waals surface area contributed by atoms with Crippen molar-refractivity contribution in [3.8, 4) is 5.75 Å². The molecule has 0 spiro atoms. The molecule has 20 heavy (non-hydrogen) atoms. The fourth-order valence-electron chi connectivity index (χ4n) is 2.45. The van der Waals surface area contributed by atoms with E-state index in [1.165, 1.54) is 0 Å². The second kappa shape index (κ2) is 4.56. The van der Waals surface area contributed by atoms with Crippen LogP contribution >= 0.6 is 0 Å². The predicted octanol–water partition coefficient (Wildman–Crippen LogP) is 2.62. The van der Waals surface area contributed by atoms with Crippen molar-refractivity contribution in [3.05, 3.63) is 53.6 Å². The van der Waals surface area contributed by atoms with Crippen LogP contribution in [0.1, 0.15) is 15.9 Å². The summed E-state index contributed by atoms with van der Waals surface area (Å²) < 4.78 is 0. The minimum atomic E-state index is -0.0161. The molecule has 1 N–H and O–H groups in total. The van der Waals surface area contributed by atoms with Crippen molar-refractivity contribution < 1.29 is 9.90 Å². The first-order chi connectivity index (χ1) is 9.56. The maximum atomic E-state index is 12.4. The smallest absolute Gasteiger partial charge is 0.258 e. The average Bonchev–Trinajstić information content (AvgIpc) is 2.75. The van der Waals surface area contributed by atoms with E-state index in [0.29, 0.717) is 12.1 Å². The third-order valence-electron chi connectivity index (χ3n) is 3.57. The SMILES string of the molecule is CN(C)c1ccc(N2Cc3cc(O)ccc3C2=O)cc1. The Morgan fingerprint density at radius 1 is 1.10 bits per heavy atom. The number of rotatable bonds is 2. The van der Waals surface area contributed by atoms with Gasteiger partial charge in [-0.15, -0.1) is 0 Å². The molecule has 0 saturated carbocycles. The summed E-state index contributed by atoms with van der Waals surface area (Å²) in [5, 5.41) is 9.50. The number of nitrogens with zero attached hydrogens (tertiary/aromatic N) is 2. The number of anilines is 2. The van der Waals surface area contributed by atoms with Gasteiger partial charge in [-0.3, -0.25) is 4.79 Å². The molecule has 1 amide bonds. The van der Waals surface area contributed by atoms with Gasteiger partial charge in [0.05, 0.1) is 6.54 Å². The van der Waals surface area contributed by atoms with Crippen molar-refractivity contribution >= 4 is 17.3 Å². The molecule has 0 unspecified atom stereocenters. The highest BCUT2D eigenvalue weighted by Crippen LogP contribution is 2.31. The molecule has 4 heteroatoms. The minimum absolute atomic E-state index is 0.0161. The number of hydrogen-bond acceptors (Lipinski definition) is 3. The number of hydrogen-bond donors (Lipinski definition) is 1. The van der Waals surface area contributed by atoms with Gasteiger partial charge in [-0.2, -0.15) is 0 Å². The molecular weight excluding hydrogens is 252 g/mol. The predicted molar refractivity (Wildman–Crippen MR) is 79.4 cm³/mol. The van der Waals surface area contributed by atoms with Crippen LogP contribution in [-0.4, -0.2) is 25.1 Å². The molecule has 0 aromatic heterocycles. The van der Waals surface area contributed by atoms with Crippen LogP contribution in [-0.2, 0) is 6.54 Å². The Kier molecular flexibility index (Phi) is 2.86. The first kappa shape index (κ1) is 12.5. The highest BCUT2D eigenvalue weighted by Gasteiger charge is 2.28. The maximum absolute atomic E-state index is 12.4. The lowest BCUT2D eigenvalue weighted by Crippen LogP contribution is -2.23. The van der Waals surface area contributed by atoms with Crippen molar-refractivity contribution in [1.82, 2.24) is 0 Å². The third kappa shape index (κ3) is 1.99. The number of amides is 1. The number of phenols is 1. The molecule has 102 valence electrons. The Labute approximate surface area is 117 Å². The van der Waals surface area contributed by atoms with Crippen LogP contribution in [0.5, 0.6) is 5.75 Å². The van der Waals surface area contributed by atoms with Crippen LogP contribution < -0.4 is 9.80 Å². The molecule has 3 rings (SSSR count). The van der Waals surface area contributed by atoms with E-state index >= 15 is 0 Å². The monoisotopic (exact) mass is 268 g/mol. The van der Waals surface area contributed by atoms with E-state index in [9.17, 15) is 9.90 Å². The molecule has 0 aliphatic carbocycles. The Hall–Kier alpha value is -2.49. The first-order valence-electron chi connectivity index (χ1n) is 6.47. The number of carbonyl (C=O) groups excluding carboxylic acids is 1. The fraction of sp³-hybridized carbons (Fsp3) is 0.188. The van der Waals surface area contributed by atoms with E-state index in [4.69, 9.17) is 0 Å². The highest BCUT2D eigenvalue weighted by molar-refractivity contribution is 6.10. The lowest BCUT2D eigenvalue weighted by molar-refractivity contribution is 0.0996. The second-order valence-electron chi connectivity index (χ2n) is 5.14. The molecule has 1 heterocycles. The zero-order chi connectivity index (χ0) is 14.3. The zero-order valence-electron chi connectivity index (χ0n) is 11.5. The van der Waals surface area contributed by atoms with Gasteiger partial charge in [-0.1, -0.05) is 0 Å². The lowest BCUT2D eigenvalue weighted by Gasteiger charge is -2.18. The van der Waals surface area contributed by atoms with Gasteiger partial charge in [-0.25, -0.2) is 0 Å². The van der Waals surface area contributed by atoms with Gasteiger partial charge in [0, 0.05) is 31.0 Å². The topological polar surface area (TPSA) is 43.8 Å². The molecule has 0 atom stereocenters. The van der Waals surface area contributed by atoms with Crippen LogP contribution in [0.3, 0.4) is 0 Å². The number of benzene rings is 2. The molecule has 0 bridgehead atoms. The molecule has 0 radical (unpaired) electrons. The maximum Gasteiger partial charge on any atom is 0.258 e. The van der Waals surface area contributed by atoms with Crippen molar-refractivity contribution in [2.24, 2.45) is 0 Å². The van der Waals surface area contributed by atoms with Gasteiger partial charge in [0.1, 0.15) is 5.75 Å². The second-order valence-corrected chi connectivity index (χ2v) is 5.14. The Bertz CT molecular complexity index is 663. The molecule has 1 aliphatic heterocycles. The minimum Gasteiger partial charge on any atom is -0.508 e. The number of aromatic hydroxyl groups is 1. The van der Waals surface area contributed by atoms with Gasteiger partial charge < -0.3 is 14.9 Å². The van der Waals surface area contributed by atoms with Crippen LogP contribution in [0.4, 0.5) is 11.4 Å². The van der Waals surface area contributed by atoms with Crippen LogP contribution in [0.25, 0.3) is 0 Å². The summed E-state index contributed by atoms with van der Waals surface area (Å²) in [7, 11) is 3.96. The van der Waals surface area contributed by atoms with Gasteiger partial charge in [0.15, 0.2) is 0 Å². The third-order valence-corrected chi connectivity index (χ3v) is 3.57. The molecule has 2 aromatic rings. The highest BCUT2D eigenvalue weighted by atomic mass is 16.3. The molecule has 1 aliphatic rings. The quantitative estimate of drug-likeness (QED) is 0.910. The molecule has 4 nitrogen and oxygen atoms in total. The van der Waals surface area contributed by atoms with Crippen molar-refractivity contribution in [1.29, 1.82) is 0 Å². The Balaban J connectivity index is 1.92. The largest absolute Gasteiger partial charge is 0.508 e.